The predicted molar refractivity (Wildman–Crippen MR) is 94.4 cm³/mol. The largest absolute Gasteiger partial charge is 0.463 e. The van der Waals surface area contributed by atoms with Gasteiger partial charge in [-0.3, -0.25) is 4.79 Å². The molecule has 0 radical (unpaired) electrons. The van der Waals surface area contributed by atoms with E-state index in [1.54, 1.807) is 0 Å². The van der Waals surface area contributed by atoms with E-state index in [0.29, 0.717) is 12.0 Å². The molecule has 1 unspecified atom stereocenters. The van der Waals surface area contributed by atoms with Gasteiger partial charge in [0.15, 0.2) is 0 Å². The third-order valence-electron chi connectivity index (χ3n) is 4.83. The molecular weight excluding hydrogens is 286 g/mol. The highest BCUT2D eigenvalue weighted by atomic mass is 16.5. The molecule has 1 aliphatic carbocycles. The normalized spacial score (nSPS) is 22.6. The van der Waals surface area contributed by atoms with E-state index in [1.807, 2.05) is 0 Å². The maximum absolute atomic E-state index is 11.0. The summed E-state index contributed by atoms with van der Waals surface area (Å²) in [6.07, 6.45) is 6.79. The second-order valence-electron chi connectivity index (χ2n) is 6.90. The molecule has 1 aliphatic rings. The third-order valence-corrected chi connectivity index (χ3v) is 4.83. The fraction of sp³-hybridized carbons (Fsp3) is 0.650. The fourth-order valence-electron chi connectivity index (χ4n) is 3.48. The highest BCUT2D eigenvalue weighted by molar-refractivity contribution is 5.66. The van der Waals surface area contributed by atoms with Gasteiger partial charge in [-0.15, -0.1) is 0 Å². The monoisotopic (exact) mass is 317 g/mol. The average molecular weight is 317 g/mol. The summed E-state index contributed by atoms with van der Waals surface area (Å²) in [5.41, 5.74) is 2.78. The van der Waals surface area contributed by atoms with Crippen LogP contribution in [-0.2, 0) is 16.1 Å². The predicted octanol–water partition coefficient (Wildman–Crippen LogP) is 4.55. The molecular formula is C20H31NO2. The van der Waals surface area contributed by atoms with Gasteiger partial charge in [0, 0.05) is 19.5 Å². The van der Waals surface area contributed by atoms with E-state index in [-0.39, 0.29) is 12.1 Å². The van der Waals surface area contributed by atoms with Gasteiger partial charge in [0.1, 0.15) is 6.10 Å². The molecule has 1 atom stereocenters. The highest BCUT2D eigenvalue weighted by Gasteiger charge is 2.23. The Morgan fingerprint density at radius 3 is 2.43 bits per heavy atom. The lowest BCUT2D eigenvalue weighted by Gasteiger charge is -2.28. The van der Waals surface area contributed by atoms with Gasteiger partial charge >= 0.3 is 5.97 Å². The van der Waals surface area contributed by atoms with Crippen LogP contribution >= 0.6 is 0 Å². The summed E-state index contributed by atoms with van der Waals surface area (Å²) >= 11 is 0. The third kappa shape index (κ3) is 5.98. The zero-order valence-electron chi connectivity index (χ0n) is 14.8. The van der Waals surface area contributed by atoms with Crippen LogP contribution in [0.4, 0.5) is 0 Å². The molecule has 1 N–H and O–H groups in total. The van der Waals surface area contributed by atoms with Crippen molar-refractivity contribution in [3.05, 3.63) is 35.4 Å². The van der Waals surface area contributed by atoms with E-state index in [0.717, 1.165) is 32.2 Å². The zero-order chi connectivity index (χ0) is 16.7. The molecule has 1 aromatic carbocycles. The molecule has 1 aromatic rings. The number of ether oxygens (including phenoxy) is 1. The molecule has 2 rings (SSSR count). The van der Waals surface area contributed by atoms with Gasteiger partial charge in [-0.2, -0.15) is 0 Å². The van der Waals surface area contributed by atoms with Crippen LogP contribution in [-0.4, -0.2) is 18.1 Å². The molecule has 23 heavy (non-hydrogen) atoms. The molecule has 0 saturated heterocycles. The minimum atomic E-state index is -0.150. The van der Waals surface area contributed by atoms with Gasteiger partial charge in [0.2, 0.25) is 0 Å². The van der Waals surface area contributed by atoms with Crippen molar-refractivity contribution >= 4 is 5.97 Å². The SMILES string of the molecule is CCCC(C)NCc1ccc(C2CCC(OC(C)=O)CC2)cc1. The molecule has 0 bridgehead atoms. The summed E-state index contributed by atoms with van der Waals surface area (Å²) in [6.45, 7) is 6.92. The van der Waals surface area contributed by atoms with Crippen molar-refractivity contribution < 1.29 is 9.53 Å². The maximum atomic E-state index is 11.0. The Labute approximate surface area is 140 Å². The lowest BCUT2D eigenvalue weighted by Crippen LogP contribution is -2.25. The smallest absolute Gasteiger partial charge is 0.302 e. The van der Waals surface area contributed by atoms with E-state index >= 15 is 0 Å². The molecule has 0 aromatic heterocycles. The number of benzene rings is 1. The summed E-state index contributed by atoms with van der Waals surface area (Å²) in [5.74, 6) is 0.463. The Morgan fingerprint density at radius 1 is 1.22 bits per heavy atom. The second-order valence-corrected chi connectivity index (χ2v) is 6.90. The zero-order valence-corrected chi connectivity index (χ0v) is 14.8. The topological polar surface area (TPSA) is 38.3 Å². The Balaban J connectivity index is 1.80. The van der Waals surface area contributed by atoms with Crippen LogP contribution in [0.5, 0.6) is 0 Å². The summed E-state index contributed by atoms with van der Waals surface area (Å²) in [5, 5.41) is 3.57. The lowest BCUT2D eigenvalue weighted by atomic mass is 9.82. The molecule has 3 nitrogen and oxygen atoms in total. The van der Waals surface area contributed by atoms with E-state index in [2.05, 4.69) is 43.4 Å². The quantitative estimate of drug-likeness (QED) is 0.750. The minimum absolute atomic E-state index is 0.132. The fourth-order valence-corrected chi connectivity index (χ4v) is 3.48. The maximum Gasteiger partial charge on any atom is 0.302 e. The molecule has 1 saturated carbocycles. The molecule has 0 aliphatic heterocycles. The number of hydrogen-bond donors (Lipinski definition) is 1. The first-order valence-corrected chi connectivity index (χ1v) is 9.08. The molecule has 0 spiro atoms. The summed E-state index contributed by atoms with van der Waals surface area (Å²) in [6, 6.07) is 9.63. The van der Waals surface area contributed by atoms with E-state index in [9.17, 15) is 4.79 Å². The van der Waals surface area contributed by atoms with E-state index in [4.69, 9.17) is 4.74 Å². The van der Waals surface area contributed by atoms with Crippen LogP contribution in [0.2, 0.25) is 0 Å². The van der Waals surface area contributed by atoms with Gasteiger partial charge in [0.25, 0.3) is 0 Å². The van der Waals surface area contributed by atoms with Crippen molar-refractivity contribution in [2.45, 2.75) is 83.9 Å². The average Bonchev–Trinajstić information content (AvgIpc) is 2.54. The Kier molecular flexibility index (Phi) is 7.10. The second kappa shape index (κ2) is 9.07. The first-order chi connectivity index (χ1) is 11.1. The van der Waals surface area contributed by atoms with Gasteiger partial charge in [-0.1, -0.05) is 37.6 Å². The van der Waals surface area contributed by atoms with E-state index in [1.165, 1.54) is 30.9 Å². The summed E-state index contributed by atoms with van der Waals surface area (Å²) in [7, 11) is 0. The van der Waals surface area contributed by atoms with Gasteiger partial charge in [-0.05, 0) is 56.1 Å². The molecule has 0 amide bonds. The van der Waals surface area contributed by atoms with Crippen molar-refractivity contribution in [2.75, 3.05) is 0 Å². The number of carbonyl (C=O) groups excluding carboxylic acids is 1. The Bertz CT molecular complexity index is 475. The van der Waals surface area contributed by atoms with Crippen LogP contribution in [0.15, 0.2) is 24.3 Å². The number of rotatable bonds is 7. The van der Waals surface area contributed by atoms with Gasteiger partial charge < -0.3 is 10.1 Å². The Hall–Kier alpha value is -1.35. The minimum Gasteiger partial charge on any atom is -0.463 e. The van der Waals surface area contributed by atoms with Crippen LogP contribution in [0, 0.1) is 0 Å². The van der Waals surface area contributed by atoms with Crippen LogP contribution in [0.25, 0.3) is 0 Å². The van der Waals surface area contributed by atoms with Crippen molar-refractivity contribution in [3.63, 3.8) is 0 Å². The first-order valence-electron chi connectivity index (χ1n) is 9.08. The van der Waals surface area contributed by atoms with Crippen LogP contribution in [0.1, 0.15) is 76.3 Å². The van der Waals surface area contributed by atoms with Crippen molar-refractivity contribution in [1.29, 1.82) is 0 Å². The van der Waals surface area contributed by atoms with Crippen LogP contribution in [0.3, 0.4) is 0 Å². The Morgan fingerprint density at radius 2 is 1.87 bits per heavy atom. The first kappa shape index (κ1) is 18.0. The van der Waals surface area contributed by atoms with Crippen LogP contribution < -0.4 is 5.32 Å². The molecule has 128 valence electrons. The number of carbonyl (C=O) groups is 1. The van der Waals surface area contributed by atoms with Gasteiger partial charge in [0.05, 0.1) is 0 Å². The van der Waals surface area contributed by atoms with E-state index < -0.39 is 0 Å². The molecule has 0 heterocycles. The molecule has 1 fully saturated rings. The molecule has 3 heteroatoms. The van der Waals surface area contributed by atoms with Crippen molar-refractivity contribution in [2.24, 2.45) is 0 Å². The van der Waals surface area contributed by atoms with Crippen molar-refractivity contribution in [1.82, 2.24) is 5.32 Å². The summed E-state index contributed by atoms with van der Waals surface area (Å²) < 4.78 is 5.32. The standard InChI is InChI=1S/C20H31NO2/c1-4-5-15(2)21-14-17-6-8-18(9-7-17)19-10-12-20(13-11-19)23-16(3)22/h6-9,15,19-21H,4-5,10-14H2,1-3H3. The number of esters is 1. The van der Waals surface area contributed by atoms with Crippen molar-refractivity contribution in [3.8, 4) is 0 Å². The lowest BCUT2D eigenvalue weighted by molar-refractivity contribution is -0.147. The van der Waals surface area contributed by atoms with Gasteiger partial charge in [-0.25, -0.2) is 0 Å². The number of hydrogen-bond acceptors (Lipinski definition) is 3. The summed E-state index contributed by atoms with van der Waals surface area (Å²) in [4.78, 5) is 11.0. The highest BCUT2D eigenvalue weighted by Crippen LogP contribution is 2.34. The number of nitrogens with one attached hydrogen (secondary N) is 1.